The quantitative estimate of drug-likeness (QED) is 0.733. The molecule has 1 atom stereocenters. The summed E-state index contributed by atoms with van der Waals surface area (Å²) in [7, 11) is 0. The van der Waals surface area contributed by atoms with Gasteiger partial charge in [-0.3, -0.25) is 0 Å². The van der Waals surface area contributed by atoms with Gasteiger partial charge in [0.2, 0.25) is 0 Å². The van der Waals surface area contributed by atoms with Gasteiger partial charge in [0, 0.05) is 24.5 Å². The summed E-state index contributed by atoms with van der Waals surface area (Å²) < 4.78 is 0. The molecule has 1 fully saturated rings. The summed E-state index contributed by atoms with van der Waals surface area (Å²) in [6.45, 7) is 12.9. The van der Waals surface area contributed by atoms with Crippen LogP contribution in [-0.4, -0.2) is 35.2 Å². The maximum atomic E-state index is 9.73. The Morgan fingerprint density at radius 3 is 2.13 bits per heavy atom. The van der Waals surface area contributed by atoms with Crippen LogP contribution >= 0.6 is 0 Å². The van der Waals surface area contributed by atoms with Crippen molar-refractivity contribution < 1.29 is 5.11 Å². The van der Waals surface area contributed by atoms with Crippen molar-refractivity contribution in [3.05, 3.63) is 0 Å². The Morgan fingerprint density at radius 1 is 1.27 bits per heavy atom. The van der Waals surface area contributed by atoms with E-state index >= 15 is 0 Å². The lowest BCUT2D eigenvalue weighted by atomic mass is 9.86. The van der Waals surface area contributed by atoms with Gasteiger partial charge in [-0.25, -0.2) is 0 Å². The van der Waals surface area contributed by atoms with Gasteiger partial charge in [-0.1, -0.05) is 13.8 Å². The molecule has 0 saturated heterocycles. The second kappa shape index (κ2) is 4.84. The summed E-state index contributed by atoms with van der Waals surface area (Å²) in [6, 6.07) is 0.587. The molecule has 1 aliphatic carbocycles. The molecule has 90 valence electrons. The first-order valence-corrected chi connectivity index (χ1v) is 6.25. The summed E-state index contributed by atoms with van der Waals surface area (Å²) in [5.41, 5.74) is -0.000833. The molecule has 0 bridgehead atoms. The minimum absolute atomic E-state index is 0.000833. The highest BCUT2D eigenvalue weighted by atomic mass is 16.3. The van der Waals surface area contributed by atoms with Crippen molar-refractivity contribution in [2.45, 2.75) is 59.6 Å². The van der Waals surface area contributed by atoms with E-state index in [0.29, 0.717) is 6.04 Å². The molecule has 1 saturated carbocycles. The third kappa shape index (κ3) is 4.12. The fraction of sp³-hybridized carbons (Fsp3) is 1.00. The van der Waals surface area contributed by atoms with Crippen LogP contribution in [0.3, 0.4) is 0 Å². The smallest absolute Gasteiger partial charge is 0.0575 e. The molecule has 1 N–H and O–H groups in total. The SMILES string of the molecule is CC(C)N(CC1CC1)CC(C)(C)C(C)O. The van der Waals surface area contributed by atoms with Crippen LogP contribution in [0.2, 0.25) is 0 Å². The molecule has 1 rings (SSSR count). The summed E-state index contributed by atoms with van der Waals surface area (Å²) in [6.07, 6.45) is 2.56. The van der Waals surface area contributed by atoms with E-state index in [1.165, 1.54) is 19.4 Å². The molecule has 0 aromatic rings. The molecular formula is C13H27NO. The molecule has 15 heavy (non-hydrogen) atoms. The standard InChI is InChI=1S/C13H27NO/c1-10(2)14(8-12-6-7-12)9-13(4,5)11(3)15/h10-12,15H,6-9H2,1-5H3. The van der Waals surface area contributed by atoms with Gasteiger partial charge < -0.3 is 10.0 Å². The third-order valence-electron chi connectivity index (χ3n) is 3.66. The largest absolute Gasteiger partial charge is 0.393 e. The van der Waals surface area contributed by atoms with Crippen molar-refractivity contribution in [2.75, 3.05) is 13.1 Å². The van der Waals surface area contributed by atoms with Crippen LogP contribution in [0.5, 0.6) is 0 Å². The number of aliphatic hydroxyl groups is 1. The molecule has 0 aromatic heterocycles. The van der Waals surface area contributed by atoms with Crippen molar-refractivity contribution in [1.29, 1.82) is 0 Å². The van der Waals surface area contributed by atoms with E-state index in [1.54, 1.807) is 0 Å². The third-order valence-corrected chi connectivity index (χ3v) is 3.66. The Bertz CT molecular complexity index is 195. The Morgan fingerprint density at radius 2 is 1.80 bits per heavy atom. The fourth-order valence-electron chi connectivity index (χ4n) is 1.75. The molecule has 2 nitrogen and oxygen atoms in total. The first-order valence-electron chi connectivity index (χ1n) is 6.25. The second-order valence-electron chi connectivity index (χ2n) is 6.13. The molecule has 0 radical (unpaired) electrons. The molecule has 1 unspecified atom stereocenters. The average Bonchev–Trinajstić information content (AvgIpc) is 2.86. The van der Waals surface area contributed by atoms with E-state index in [4.69, 9.17) is 0 Å². The summed E-state index contributed by atoms with van der Waals surface area (Å²) in [5, 5.41) is 9.73. The van der Waals surface area contributed by atoms with Crippen LogP contribution in [0, 0.1) is 11.3 Å². The Balaban J connectivity index is 2.48. The lowest BCUT2D eigenvalue weighted by Gasteiger charge is -2.37. The van der Waals surface area contributed by atoms with Crippen molar-refractivity contribution in [3.63, 3.8) is 0 Å². The Hall–Kier alpha value is -0.0800. The molecular weight excluding hydrogens is 186 g/mol. The van der Waals surface area contributed by atoms with Crippen LogP contribution in [0.4, 0.5) is 0 Å². The summed E-state index contributed by atoms with van der Waals surface area (Å²) >= 11 is 0. The Labute approximate surface area is 94.7 Å². The number of rotatable bonds is 6. The van der Waals surface area contributed by atoms with Gasteiger partial charge in [0.1, 0.15) is 0 Å². The van der Waals surface area contributed by atoms with E-state index < -0.39 is 0 Å². The van der Waals surface area contributed by atoms with E-state index in [-0.39, 0.29) is 11.5 Å². The van der Waals surface area contributed by atoms with Gasteiger partial charge in [0.25, 0.3) is 0 Å². The van der Waals surface area contributed by atoms with E-state index in [0.717, 1.165) is 12.5 Å². The van der Waals surface area contributed by atoms with Gasteiger partial charge in [-0.05, 0) is 39.5 Å². The maximum absolute atomic E-state index is 9.73. The van der Waals surface area contributed by atoms with Crippen molar-refractivity contribution in [2.24, 2.45) is 11.3 Å². The van der Waals surface area contributed by atoms with Crippen molar-refractivity contribution >= 4 is 0 Å². The van der Waals surface area contributed by atoms with Crippen LogP contribution in [0.15, 0.2) is 0 Å². The fourth-order valence-corrected chi connectivity index (χ4v) is 1.75. The van der Waals surface area contributed by atoms with Gasteiger partial charge in [0.15, 0.2) is 0 Å². The number of nitrogens with zero attached hydrogens (tertiary/aromatic N) is 1. The van der Waals surface area contributed by atoms with Gasteiger partial charge >= 0.3 is 0 Å². The monoisotopic (exact) mass is 213 g/mol. The Kier molecular flexibility index (Phi) is 4.19. The lowest BCUT2D eigenvalue weighted by molar-refractivity contribution is 0.0245. The zero-order valence-electron chi connectivity index (χ0n) is 11.0. The number of hydrogen-bond acceptors (Lipinski definition) is 2. The van der Waals surface area contributed by atoms with Gasteiger partial charge in [-0.15, -0.1) is 0 Å². The molecule has 2 heteroatoms. The van der Waals surface area contributed by atoms with E-state index in [9.17, 15) is 5.11 Å². The molecule has 0 aromatic carbocycles. The molecule has 0 amide bonds. The summed E-state index contributed by atoms with van der Waals surface area (Å²) in [5.74, 6) is 0.928. The highest BCUT2D eigenvalue weighted by Gasteiger charge is 2.31. The zero-order valence-corrected chi connectivity index (χ0v) is 11.0. The van der Waals surface area contributed by atoms with Crippen molar-refractivity contribution in [3.8, 4) is 0 Å². The van der Waals surface area contributed by atoms with Crippen molar-refractivity contribution in [1.82, 2.24) is 4.90 Å². The minimum atomic E-state index is -0.238. The molecule has 1 aliphatic rings. The van der Waals surface area contributed by atoms with Gasteiger partial charge in [-0.2, -0.15) is 0 Å². The number of aliphatic hydroxyl groups excluding tert-OH is 1. The summed E-state index contributed by atoms with van der Waals surface area (Å²) in [4.78, 5) is 2.52. The predicted molar refractivity (Wildman–Crippen MR) is 64.9 cm³/mol. The molecule has 0 spiro atoms. The minimum Gasteiger partial charge on any atom is -0.393 e. The molecule has 0 aliphatic heterocycles. The van der Waals surface area contributed by atoms with E-state index in [2.05, 4.69) is 32.6 Å². The van der Waals surface area contributed by atoms with Crippen LogP contribution < -0.4 is 0 Å². The predicted octanol–water partition coefficient (Wildman–Crippen LogP) is 2.51. The first-order chi connectivity index (χ1) is 6.83. The highest BCUT2D eigenvalue weighted by molar-refractivity contribution is 4.84. The average molecular weight is 213 g/mol. The number of hydrogen-bond donors (Lipinski definition) is 1. The second-order valence-corrected chi connectivity index (χ2v) is 6.13. The molecule has 0 heterocycles. The highest BCUT2D eigenvalue weighted by Crippen LogP contribution is 2.32. The normalized spacial score (nSPS) is 20.0. The zero-order chi connectivity index (χ0) is 11.6. The topological polar surface area (TPSA) is 23.5 Å². The maximum Gasteiger partial charge on any atom is 0.0575 e. The van der Waals surface area contributed by atoms with E-state index in [1.807, 2.05) is 6.92 Å². The lowest BCUT2D eigenvalue weighted by Crippen LogP contribution is -2.44. The van der Waals surface area contributed by atoms with Crippen LogP contribution in [0.25, 0.3) is 0 Å². The van der Waals surface area contributed by atoms with Crippen LogP contribution in [0.1, 0.15) is 47.5 Å². The van der Waals surface area contributed by atoms with Crippen LogP contribution in [-0.2, 0) is 0 Å². The van der Waals surface area contributed by atoms with Gasteiger partial charge in [0.05, 0.1) is 6.10 Å². The first kappa shape index (κ1) is 13.0.